The molecule has 5 rings (SSSR count). The van der Waals surface area contributed by atoms with Crippen molar-refractivity contribution in [2.75, 3.05) is 17.2 Å². The number of H-pyrrole nitrogens is 1. The molecular formula is C20H22N8O. The average molecular weight is 390 g/mol. The highest BCUT2D eigenvalue weighted by Gasteiger charge is 2.25. The van der Waals surface area contributed by atoms with Gasteiger partial charge in [-0.3, -0.25) is 10.1 Å². The zero-order valence-corrected chi connectivity index (χ0v) is 16.0. The quantitative estimate of drug-likeness (QED) is 0.487. The molecule has 4 heterocycles. The van der Waals surface area contributed by atoms with Crippen LogP contribution in [0.4, 0.5) is 17.6 Å². The fraction of sp³-hybridized carbons (Fsp3) is 0.300. The molecule has 0 aromatic carbocycles. The third kappa shape index (κ3) is 4.19. The van der Waals surface area contributed by atoms with Crippen molar-refractivity contribution in [3.63, 3.8) is 0 Å². The number of hydroxylamine groups is 1. The first kappa shape index (κ1) is 17.6. The number of nitrogens with zero attached hydrogens (tertiary/aromatic N) is 4. The smallest absolute Gasteiger partial charge is 0.225 e. The summed E-state index contributed by atoms with van der Waals surface area (Å²) in [6.45, 7) is 2.41. The molecule has 1 aliphatic carbocycles. The molecule has 3 aromatic heterocycles. The number of aromatic nitrogens is 5. The van der Waals surface area contributed by atoms with E-state index in [1.54, 1.807) is 12.4 Å². The minimum Gasteiger partial charge on any atom is -0.411 e. The molecule has 1 unspecified atom stereocenters. The number of nitrogens with one attached hydrogen (secondary N) is 4. The van der Waals surface area contributed by atoms with Gasteiger partial charge in [-0.05, 0) is 43.5 Å². The lowest BCUT2D eigenvalue weighted by Gasteiger charge is -2.09. The molecule has 2 aliphatic rings. The van der Waals surface area contributed by atoms with Crippen LogP contribution in [0.2, 0.25) is 0 Å². The largest absolute Gasteiger partial charge is 0.411 e. The second kappa shape index (κ2) is 7.51. The third-order valence-corrected chi connectivity index (χ3v) is 4.88. The summed E-state index contributed by atoms with van der Waals surface area (Å²) in [5, 5.41) is 13.9. The maximum Gasteiger partial charge on any atom is 0.225 e. The Morgan fingerprint density at radius 1 is 1.14 bits per heavy atom. The van der Waals surface area contributed by atoms with E-state index in [4.69, 9.17) is 4.84 Å². The topological polar surface area (TPSA) is 113 Å². The fourth-order valence-corrected chi connectivity index (χ4v) is 3.24. The summed E-state index contributed by atoms with van der Waals surface area (Å²) in [4.78, 5) is 18.6. The molecule has 1 aliphatic heterocycles. The molecule has 4 N–H and O–H groups in total. The number of pyridine rings is 1. The number of aryl methyl sites for hydroxylation is 1. The maximum absolute atomic E-state index is 5.57. The molecule has 3 aromatic rings. The van der Waals surface area contributed by atoms with Crippen molar-refractivity contribution in [1.29, 1.82) is 0 Å². The van der Waals surface area contributed by atoms with Gasteiger partial charge in [0.05, 0.1) is 12.6 Å². The van der Waals surface area contributed by atoms with Gasteiger partial charge in [-0.1, -0.05) is 0 Å². The van der Waals surface area contributed by atoms with Crippen molar-refractivity contribution >= 4 is 17.6 Å². The van der Waals surface area contributed by atoms with Crippen molar-refractivity contribution in [3.05, 3.63) is 65.4 Å². The highest BCUT2D eigenvalue weighted by Crippen LogP contribution is 2.39. The van der Waals surface area contributed by atoms with Crippen LogP contribution in [0.5, 0.6) is 0 Å². The van der Waals surface area contributed by atoms with Crippen molar-refractivity contribution in [2.24, 2.45) is 0 Å². The Balaban J connectivity index is 1.23. The molecule has 9 heteroatoms. The summed E-state index contributed by atoms with van der Waals surface area (Å²) in [5.41, 5.74) is 6.14. The SMILES string of the molecule is Cc1cc(Nc2cc(C3CC3)[nH]n2)nc(NCC2=CC(c3ccncc3)NO2)n1. The maximum atomic E-state index is 5.57. The van der Waals surface area contributed by atoms with Crippen LogP contribution in [-0.2, 0) is 4.84 Å². The monoisotopic (exact) mass is 390 g/mol. The van der Waals surface area contributed by atoms with Crippen LogP contribution in [0.1, 0.15) is 41.8 Å². The van der Waals surface area contributed by atoms with Crippen molar-refractivity contribution in [3.8, 4) is 0 Å². The molecule has 0 amide bonds. The van der Waals surface area contributed by atoms with Gasteiger partial charge in [0.15, 0.2) is 5.82 Å². The Labute approximate surface area is 168 Å². The lowest BCUT2D eigenvalue weighted by molar-refractivity contribution is 0.116. The van der Waals surface area contributed by atoms with E-state index in [2.05, 4.69) is 41.3 Å². The van der Waals surface area contributed by atoms with Gasteiger partial charge >= 0.3 is 0 Å². The minimum absolute atomic E-state index is 0.00536. The molecule has 0 bridgehead atoms. The highest BCUT2D eigenvalue weighted by molar-refractivity contribution is 5.54. The summed E-state index contributed by atoms with van der Waals surface area (Å²) in [7, 11) is 0. The van der Waals surface area contributed by atoms with Gasteiger partial charge in [-0.15, -0.1) is 5.48 Å². The van der Waals surface area contributed by atoms with Gasteiger partial charge in [0.1, 0.15) is 11.6 Å². The van der Waals surface area contributed by atoms with Gasteiger partial charge in [0, 0.05) is 41.8 Å². The minimum atomic E-state index is 0.00536. The van der Waals surface area contributed by atoms with E-state index < -0.39 is 0 Å². The molecule has 0 spiro atoms. The Morgan fingerprint density at radius 2 is 2.00 bits per heavy atom. The number of anilines is 3. The van der Waals surface area contributed by atoms with E-state index in [-0.39, 0.29) is 6.04 Å². The van der Waals surface area contributed by atoms with Crippen LogP contribution >= 0.6 is 0 Å². The zero-order chi connectivity index (χ0) is 19.6. The molecular weight excluding hydrogens is 368 g/mol. The molecule has 0 radical (unpaired) electrons. The van der Waals surface area contributed by atoms with Crippen molar-refractivity contribution in [2.45, 2.75) is 31.7 Å². The number of hydrogen-bond acceptors (Lipinski definition) is 8. The third-order valence-electron chi connectivity index (χ3n) is 4.88. The van der Waals surface area contributed by atoms with Gasteiger partial charge in [0.2, 0.25) is 5.95 Å². The molecule has 0 saturated heterocycles. The van der Waals surface area contributed by atoms with E-state index in [1.807, 2.05) is 37.3 Å². The molecule has 9 nitrogen and oxygen atoms in total. The van der Waals surface area contributed by atoms with Gasteiger partial charge in [0.25, 0.3) is 0 Å². The summed E-state index contributed by atoms with van der Waals surface area (Å²) < 4.78 is 0. The standard InChI is InChI=1S/C20H22N8O/c1-12-8-18(24-19-10-16(26-27-19)13-2-3-13)25-20(23-12)22-11-15-9-17(28-29-15)14-4-6-21-7-5-14/h4-10,13,17,28H,2-3,11H2,1H3,(H3,22,23,24,25,26,27). The Hall–Kier alpha value is -3.46. The van der Waals surface area contributed by atoms with Crippen molar-refractivity contribution in [1.82, 2.24) is 30.6 Å². The first-order valence-corrected chi connectivity index (χ1v) is 9.68. The molecule has 1 atom stereocenters. The Kier molecular flexibility index (Phi) is 4.57. The van der Waals surface area contributed by atoms with E-state index in [0.717, 1.165) is 22.8 Å². The summed E-state index contributed by atoms with van der Waals surface area (Å²) >= 11 is 0. The molecule has 1 saturated carbocycles. The normalized spacial score (nSPS) is 18.2. The molecule has 1 fully saturated rings. The van der Waals surface area contributed by atoms with Gasteiger partial charge < -0.3 is 15.5 Å². The van der Waals surface area contributed by atoms with Crippen LogP contribution in [0.3, 0.4) is 0 Å². The first-order valence-electron chi connectivity index (χ1n) is 9.68. The van der Waals surface area contributed by atoms with Crippen molar-refractivity contribution < 1.29 is 4.84 Å². The second-order valence-corrected chi connectivity index (χ2v) is 7.29. The lowest BCUT2D eigenvalue weighted by Crippen LogP contribution is -2.14. The van der Waals surface area contributed by atoms with E-state index in [9.17, 15) is 0 Å². The predicted octanol–water partition coefficient (Wildman–Crippen LogP) is 3.10. The highest BCUT2D eigenvalue weighted by atomic mass is 16.7. The van der Waals surface area contributed by atoms with Crippen LogP contribution in [0, 0.1) is 6.92 Å². The Bertz CT molecular complexity index is 1030. The first-order chi connectivity index (χ1) is 14.2. The molecule has 29 heavy (non-hydrogen) atoms. The predicted molar refractivity (Wildman–Crippen MR) is 108 cm³/mol. The van der Waals surface area contributed by atoms with Crippen LogP contribution in [-0.4, -0.2) is 31.7 Å². The van der Waals surface area contributed by atoms with Gasteiger partial charge in [-0.25, -0.2) is 4.98 Å². The zero-order valence-electron chi connectivity index (χ0n) is 16.0. The summed E-state index contributed by atoms with van der Waals surface area (Å²) in [5.74, 6) is 3.41. The van der Waals surface area contributed by atoms with Gasteiger partial charge in [-0.2, -0.15) is 10.1 Å². The number of aromatic amines is 1. The summed E-state index contributed by atoms with van der Waals surface area (Å²) in [6, 6.07) is 7.86. The fourth-order valence-electron chi connectivity index (χ4n) is 3.24. The van der Waals surface area contributed by atoms with E-state index >= 15 is 0 Å². The van der Waals surface area contributed by atoms with E-state index in [1.165, 1.54) is 18.5 Å². The van der Waals surface area contributed by atoms with E-state index in [0.29, 0.717) is 24.2 Å². The van der Waals surface area contributed by atoms with Crippen LogP contribution in [0.15, 0.2) is 48.5 Å². The van der Waals surface area contributed by atoms with Crippen LogP contribution in [0.25, 0.3) is 0 Å². The number of rotatable bonds is 7. The summed E-state index contributed by atoms with van der Waals surface area (Å²) in [6.07, 6.45) is 8.03. The second-order valence-electron chi connectivity index (χ2n) is 7.29. The lowest BCUT2D eigenvalue weighted by atomic mass is 10.1. The Morgan fingerprint density at radius 3 is 2.83 bits per heavy atom. The average Bonchev–Trinajstić information content (AvgIpc) is 3.29. The van der Waals surface area contributed by atoms with Crippen LogP contribution < -0.4 is 16.1 Å². The number of hydrogen-bond donors (Lipinski definition) is 4. The molecule has 148 valence electrons.